The maximum absolute atomic E-state index is 11.4. The van der Waals surface area contributed by atoms with Gasteiger partial charge in [0, 0.05) is 7.11 Å². The summed E-state index contributed by atoms with van der Waals surface area (Å²) in [4.78, 5) is 11.4. The third kappa shape index (κ3) is 3.06. The summed E-state index contributed by atoms with van der Waals surface area (Å²) in [7, 11) is 1.53. The van der Waals surface area contributed by atoms with E-state index in [2.05, 4.69) is 5.92 Å². The van der Waals surface area contributed by atoms with Crippen LogP contribution in [-0.4, -0.2) is 19.0 Å². The molecule has 0 fully saturated rings. The molecule has 0 rings (SSSR count). The third-order valence-electron chi connectivity index (χ3n) is 1.59. The molecule has 0 radical (unpaired) electrons. The molecule has 0 saturated heterocycles. The number of carbonyl (C=O) groups excluding carboxylic acids is 1. The zero-order valence-corrected chi connectivity index (χ0v) is 8.18. The average Bonchev–Trinajstić information content (AvgIpc) is 1.85. The molecule has 0 bridgehead atoms. The van der Waals surface area contributed by atoms with Gasteiger partial charge in [-0.1, -0.05) is 26.7 Å². The largest absolute Gasteiger partial charge is 0.373 e. The molecule has 2 heteroatoms. The molecule has 1 unspecified atom stereocenters. The van der Waals surface area contributed by atoms with E-state index in [0.29, 0.717) is 0 Å². The van der Waals surface area contributed by atoms with Crippen molar-refractivity contribution in [2.24, 2.45) is 5.41 Å². The van der Waals surface area contributed by atoms with Crippen LogP contribution in [0.25, 0.3) is 0 Å². The van der Waals surface area contributed by atoms with Crippen LogP contribution in [0.2, 0.25) is 0 Å². The minimum Gasteiger partial charge on any atom is -0.373 e. The Kier molecular flexibility index (Phi) is 3.99. The van der Waals surface area contributed by atoms with Crippen LogP contribution in [0.15, 0.2) is 0 Å². The Morgan fingerprint density at radius 1 is 1.58 bits per heavy atom. The highest BCUT2D eigenvalue weighted by Crippen LogP contribution is 2.23. The first-order valence-corrected chi connectivity index (χ1v) is 3.92. The predicted molar refractivity (Wildman–Crippen MR) is 48.7 cm³/mol. The molecular formula is C10H16O2. The van der Waals surface area contributed by atoms with Gasteiger partial charge in [-0.25, -0.2) is 0 Å². The number of ether oxygens (including phenoxy) is 1. The van der Waals surface area contributed by atoms with Gasteiger partial charge in [-0.05, 0) is 5.41 Å². The van der Waals surface area contributed by atoms with E-state index in [9.17, 15) is 4.79 Å². The minimum atomic E-state index is -0.395. The Bertz CT molecular complexity index is 193. The summed E-state index contributed by atoms with van der Waals surface area (Å²) >= 11 is 0. The number of carbonyl (C=O) groups is 1. The van der Waals surface area contributed by atoms with Crippen LogP contribution in [0.1, 0.15) is 27.2 Å². The van der Waals surface area contributed by atoms with Gasteiger partial charge in [0.2, 0.25) is 0 Å². The molecule has 0 aromatic rings. The zero-order chi connectivity index (χ0) is 9.78. The molecule has 2 nitrogen and oxygen atoms in total. The first kappa shape index (κ1) is 11.2. The zero-order valence-electron chi connectivity index (χ0n) is 8.18. The molecule has 0 aliphatic rings. The first-order valence-electron chi connectivity index (χ1n) is 3.92. The Labute approximate surface area is 74.3 Å². The van der Waals surface area contributed by atoms with E-state index in [1.807, 2.05) is 20.8 Å². The molecule has 0 saturated carbocycles. The summed E-state index contributed by atoms with van der Waals surface area (Å²) in [5.74, 6) is 2.30. The lowest BCUT2D eigenvalue weighted by Crippen LogP contribution is -2.35. The topological polar surface area (TPSA) is 26.3 Å². The number of ketones is 1. The fraction of sp³-hybridized carbons (Fsp3) is 0.700. The van der Waals surface area contributed by atoms with Crippen molar-refractivity contribution < 1.29 is 9.53 Å². The van der Waals surface area contributed by atoms with E-state index >= 15 is 0 Å². The molecule has 1 atom stereocenters. The van der Waals surface area contributed by atoms with Crippen LogP contribution < -0.4 is 0 Å². The van der Waals surface area contributed by atoms with Crippen molar-refractivity contribution in [3.8, 4) is 12.3 Å². The standard InChI is InChI=1S/C10H16O2/c1-6-7-8(11)9(12-5)10(2,3)4/h1,9H,7H2,2-5H3. The molecule has 0 aliphatic carbocycles. The van der Waals surface area contributed by atoms with Crippen LogP contribution in [0.4, 0.5) is 0 Å². The quantitative estimate of drug-likeness (QED) is 0.599. The monoisotopic (exact) mass is 168 g/mol. The second-order valence-corrected chi connectivity index (χ2v) is 3.83. The van der Waals surface area contributed by atoms with Gasteiger partial charge in [-0.15, -0.1) is 6.42 Å². The molecule has 0 N–H and O–H groups in total. The van der Waals surface area contributed by atoms with Crippen LogP contribution >= 0.6 is 0 Å². The van der Waals surface area contributed by atoms with Gasteiger partial charge in [0.25, 0.3) is 0 Å². The first-order chi connectivity index (χ1) is 5.43. The summed E-state index contributed by atoms with van der Waals surface area (Å²) in [6.07, 6.45) is 4.79. The summed E-state index contributed by atoms with van der Waals surface area (Å²) in [6.45, 7) is 5.86. The summed E-state index contributed by atoms with van der Waals surface area (Å²) in [6, 6.07) is 0. The summed E-state index contributed by atoms with van der Waals surface area (Å²) in [5.41, 5.74) is -0.178. The second kappa shape index (κ2) is 4.27. The molecule has 68 valence electrons. The predicted octanol–water partition coefficient (Wildman–Crippen LogP) is 1.64. The van der Waals surface area contributed by atoms with Gasteiger partial charge >= 0.3 is 0 Å². The van der Waals surface area contributed by atoms with Crippen molar-refractivity contribution in [2.75, 3.05) is 7.11 Å². The van der Waals surface area contributed by atoms with E-state index in [1.54, 1.807) is 0 Å². The Morgan fingerprint density at radius 2 is 2.08 bits per heavy atom. The van der Waals surface area contributed by atoms with Gasteiger partial charge in [-0.2, -0.15) is 0 Å². The van der Waals surface area contributed by atoms with Crippen LogP contribution in [0.5, 0.6) is 0 Å². The van der Waals surface area contributed by atoms with Gasteiger partial charge in [0.15, 0.2) is 5.78 Å². The lowest BCUT2D eigenvalue weighted by atomic mass is 9.85. The molecular weight excluding hydrogens is 152 g/mol. The van der Waals surface area contributed by atoms with Crippen molar-refractivity contribution in [2.45, 2.75) is 33.3 Å². The second-order valence-electron chi connectivity index (χ2n) is 3.83. The smallest absolute Gasteiger partial charge is 0.173 e. The molecule has 0 aliphatic heterocycles. The van der Waals surface area contributed by atoms with Gasteiger partial charge in [0.1, 0.15) is 6.10 Å². The number of rotatable bonds is 3. The van der Waals surface area contributed by atoms with Crippen molar-refractivity contribution in [3.05, 3.63) is 0 Å². The summed E-state index contributed by atoms with van der Waals surface area (Å²) in [5, 5.41) is 0. The van der Waals surface area contributed by atoms with Crippen LogP contribution in [0, 0.1) is 17.8 Å². The Morgan fingerprint density at radius 3 is 2.33 bits per heavy atom. The lowest BCUT2D eigenvalue weighted by molar-refractivity contribution is -0.133. The number of hydrogen-bond donors (Lipinski definition) is 0. The number of methoxy groups -OCH3 is 1. The molecule has 0 amide bonds. The van der Waals surface area contributed by atoms with E-state index < -0.39 is 6.10 Å². The molecule has 0 aromatic heterocycles. The van der Waals surface area contributed by atoms with Gasteiger partial charge in [-0.3, -0.25) is 4.79 Å². The summed E-state index contributed by atoms with van der Waals surface area (Å²) < 4.78 is 5.08. The highest BCUT2D eigenvalue weighted by atomic mass is 16.5. The van der Waals surface area contributed by atoms with Crippen molar-refractivity contribution >= 4 is 5.78 Å². The SMILES string of the molecule is C#CCC(=O)C(OC)C(C)(C)C. The number of Topliss-reactive ketones (excluding diaryl/α,β-unsaturated/α-hetero) is 1. The van der Waals surface area contributed by atoms with Crippen molar-refractivity contribution in [1.29, 1.82) is 0 Å². The van der Waals surface area contributed by atoms with E-state index in [-0.39, 0.29) is 17.6 Å². The van der Waals surface area contributed by atoms with Gasteiger partial charge < -0.3 is 4.74 Å². The van der Waals surface area contributed by atoms with E-state index in [4.69, 9.17) is 11.2 Å². The maximum Gasteiger partial charge on any atom is 0.173 e. The van der Waals surface area contributed by atoms with Gasteiger partial charge in [0.05, 0.1) is 6.42 Å². The number of terminal acetylenes is 1. The van der Waals surface area contributed by atoms with E-state index in [1.165, 1.54) is 7.11 Å². The minimum absolute atomic E-state index is 0.0208. The fourth-order valence-corrected chi connectivity index (χ4v) is 1.16. The normalized spacial score (nSPS) is 13.6. The number of hydrogen-bond acceptors (Lipinski definition) is 2. The maximum atomic E-state index is 11.4. The molecule has 12 heavy (non-hydrogen) atoms. The fourth-order valence-electron chi connectivity index (χ4n) is 1.16. The van der Waals surface area contributed by atoms with E-state index in [0.717, 1.165) is 0 Å². The van der Waals surface area contributed by atoms with Crippen molar-refractivity contribution in [1.82, 2.24) is 0 Å². The van der Waals surface area contributed by atoms with Crippen LogP contribution in [0.3, 0.4) is 0 Å². The highest BCUT2D eigenvalue weighted by molar-refractivity contribution is 5.85. The highest BCUT2D eigenvalue weighted by Gasteiger charge is 2.30. The molecule has 0 spiro atoms. The van der Waals surface area contributed by atoms with Crippen molar-refractivity contribution in [3.63, 3.8) is 0 Å². The molecule has 0 heterocycles. The Balaban J connectivity index is 4.38. The lowest BCUT2D eigenvalue weighted by Gasteiger charge is -2.27. The Hall–Kier alpha value is -0.810. The molecule has 0 aromatic carbocycles. The van der Waals surface area contributed by atoms with Crippen LogP contribution in [-0.2, 0) is 9.53 Å². The average molecular weight is 168 g/mol. The third-order valence-corrected chi connectivity index (χ3v) is 1.59.